The number of ether oxygens (including phenoxy) is 4. The van der Waals surface area contributed by atoms with Gasteiger partial charge in [-0.3, -0.25) is 9.59 Å². The van der Waals surface area contributed by atoms with E-state index in [9.17, 15) is 14.7 Å². The molecule has 8 nitrogen and oxygen atoms in total. The van der Waals surface area contributed by atoms with Crippen LogP contribution in [0.1, 0.15) is 23.5 Å². The van der Waals surface area contributed by atoms with Crippen LogP contribution in [0.4, 0.5) is 0 Å². The Labute approximate surface area is 192 Å². The van der Waals surface area contributed by atoms with Crippen LogP contribution in [-0.2, 0) is 4.79 Å². The highest BCUT2D eigenvalue weighted by molar-refractivity contribution is 5.94. The van der Waals surface area contributed by atoms with E-state index in [1.165, 1.54) is 12.3 Å². The summed E-state index contributed by atoms with van der Waals surface area (Å²) >= 11 is 0. The highest BCUT2D eigenvalue weighted by Gasteiger charge is 2.34. The minimum atomic E-state index is -0.469. The van der Waals surface area contributed by atoms with Crippen LogP contribution in [0.25, 0.3) is 22.1 Å². The first-order chi connectivity index (χ1) is 16.5. The zero-order valence-corrected chi connectivity index (χ0v) is 18.0. The lowest BCUT2D eigenvalue weighted by Gasteiger charge is -2.26. The molecule has 0 amide bonds. The summed E-state index contributed by atoms with van der Waals surface area (Å²) < 4.78 is 27.4. The van der Waals surface area contributed by atoms with Crippen LogP contribution in [0.3, 0.4) is 0 Å². The second-order valence-electron chi connectivity index (χ2n) is 8.06. The van der Waals surface area contributed by atoms with E-state index in [1.54, 1.807) is 43.5 Å². The van der Waals surface area contributed by atoms with Crippen molar-refractivity contribution in [1.82, 2.24) is 0 Å². The van der Waals surface area contributed by atoms with Crippen molar-refractivity contribution in [2.75, 3.05) is 13.9 Å². The second-order valence-corrected chi connectivity index (χ2v) is 8.06. The van der Waals surface area contributed by atoms with Gasteiger partial charge < -0.3 is 28.5 Å². The minimum Gasteiger partial charge on any atom is -0.507 e. The van der Waals surface area contributed by atoms with Gasteiger partial charge in [-0.05, 0) is 35.4 Å². The lowest BCUT2D eigenvalue weighted by Crippen LogP contribution is -2.22. The predicted octanol–water partition coefficient (Wildman–Crippen LogP) is 4.34. The van der Waals surface area contributed by atoms with Gasteiger partial charge >= 0.3 is 5.97 Å². The van der Waals surface area contributed by atoms with Crippen LogP contribution in [0.2, 0.25) is 0 Å². The molecule has 0 radical (unpaired) electrons. The summed E-state index contributed by atoms with van der Waals surface area (Å²) in [5, 5.41) is 10.7. The smallest absolute Gasteiger partial charge is 0.312 e. The van der Waals surface area contributed by atoms with Gasteiger partial charge in [-0.15, -0.1) is 0 Å². The molecule has 0 fully saturated rings. The molecular weight excluding hydrogens is 440 g/mol. The molecule has 0 saturated carbocycles. The van der Waals surface area contributed by atoms with Crippen molar-refractivity contribution < 1.29 is 33.3 Å². The Morgan fingerprint density at radius 1 is 0.971 bits per heavy atom. The van der Waals surface area contributed by atoms with Gasteiger partial charge in [0.25, 0.3) is 0 Å². The first kappa shape index (κ1) is 20.2. The highest BCUT2D eigenvalue weighted by Crippen LogP contribution is 2.47. The molecule has 2 aliphatic heterocycles. The number of hydrogen-bond donors (Lipinski definition) is 1. The number of phenolic OH excluding ortho intramolecular Hbond substituents is 1. The number of rotatable bonds is 3. The summed E-state index contributed by atoms with van der Waals surface area (Å²) in [4.78, 5) is 25.8. The summed E-state index contributed by atoms with van der Waals surface area (Å²) in [6, 6.07) is 13.7. The molecule has 0 unspecified atom stereocenters. The molecule has 0 bridgehead atoms. The molecular formula is C26H18O8. The minimum absolute atomic E-state index is 0.0239. The van der Waals surface area contributed by atoms with Crippen molar-refractivity contribution in [2.45, 2.75) is 12.3 Å². The van der Waals surface area contributed by atoms with Gasteiger partial charge in [0.15, 0.2) is 11.5 Å². The number of methoxy groups -OCH3 is 1. The Morgan fingerprint density at radius 3 is 2.56 bits per heavy atom. The van der Waals surface area contributed by atoms with Crippen molar-refractivity contribution in [1.29, 1.82) is 0 Å². The fourth-order valence-corrected chi connectivity index (χ4v) is 4.52. The Balaban J connectivity index is 1.55. The molecule has 34 heavy (non-hydrogen) atoms. The molecule has 0 aliphatic carbocycles. The molecule has 3 heterocycles. The monoisotopic (exact) mass is 458 g/mol. The van der Waals surface area contributed by atoms with Crippen molar-refractivity contribution in [3.05, 3.63) is 76.1 Å². The summed E-state index contributed by atoms with van der Waals surface area (Å²) in [5.41, 5.74) is 1.98. The maximum absolute atomic E-state index is 13.5. The molecule has 1 N–H and O–H groups in total. The van der Waals surface area contributed by atoms with Crippen LogP contribution in [0, 0.1) is 0 Å². The van der Waals surface area contributed by atoms with Crippen LogP contribution >= 0.6 is 0 Å². The summed E-state index contributed by atoms with van der Waals surface area (Å²) in [5.74, 6) is 0.758. The quantitative estimate of drug-likeness (QED) is 0.357. The third-order valence-electron chi connectivity index (χ3n) is 6.17. The fourth-order valence-electron chi connectivity index (χ4n) is 4.52. The zero-order chi connectivity index (χ0) is 23.4. The number of benzene rings is 3. The van der Waals surface area contributed by atoms with E-state index in [-0.39, 0.29) is 41.2 Å². The van der Waals surface area contributed by atoms with Gasteiger partial charge in [-0.1, -0.05) is 18.2 Å². The van der Waals surface area contributed by atoms with Gasteiger partial charge in [0.05, 0.1) is 19.1 Å². The molecule has 4 aromatic rings. The third-order valence-corrected chi connectivity index (χ3v) is 6.17. The van der Waals surface area contributed by atoms with E-state index >= 15 is 0 Å². The number of esters is 1. The summed E-state index contributed by atoms with van der Waals surface area (Å²) in [6.45, 7) is 0.127. The second kappa shape index (κ2) is 7.55. The molecule has 1 aromatic heterocycles. The van der Waals surface area contributed by atoms with E-state index in [0.717, 1.165) is 5.56 Å². The normalized spacial score (nSPS) is 16.3. The fraction of sp³-hybridized carbons (Fsp3) is 0.154. The Kier molecular flexibility index (Phi) is 4.48. The number of carbonyl (C=O) groups excluding carboxylic acids is 1. The lowest BCUT2D eigenvalue weighted by atomic mass is 9.84. The van der Waals surface area contributed by atoms with Crippen LogP contribution in [-0.4, -0.2) is 25.0 Å². The van der Waals surface area contributed by atoms with Gasteiger partial charge in [0.1, 0.15) is 34.5 Å². The molecule has 2 aliphatic rings. The third kappa shape index (κ3) is 3.07. The number of hydrogen-bond acceptors (Lipinski definition) is 8. The first-order valence-corrected chi connectivity index (χ1v) is 10.6. The Hall–Kier alpha value is -4.46. The van der Waals surface area contributed by atoms with Crippen LogP contribution < -0.4 is 24.4 Å². The standard InChI is InChI=1S/C26H18O8/c1-30-15-5-2-13(3-6-15)17-11-31-26-23-16(14-4-7-19-20(8-14)33-12-32-19)9-22(28)34-21(23)10-18(27)24(26)25(17)29/h2-8,10-11,16,27H,9,12H2,1H3/t16-/m1/s1. The van der Waals surface area contributed by atoms with Gasteiger partial charge in [-0.2, -0.15) is 0 Å². The maximum Gasteiger partial charge on any atom is 0.312 e. The zero-order valence-electron chi connectivity index (χ0n) is 18.0. The van der Waals surface area contributed by atoms with Gasteiger partial charge in [-0.25, -0.2) is 0 Å². The van der Waals surface area contributed by atoms with Crippen molar-refractivity contribution in [2.24, 2.45) is 0 Å². The molecule has 8 heteroatoms. The highest BCUT2D eigenvalue weighted by atomic mass is 16.7. The Bertz CT molecular complexity index is 1520. The summed E-state index contributed by atoms with van der Waals surface area (Å²) in [6.07, 6.45) is 1.40. The van der Waals surface area contributed by atoms with E-state index in [4.69, 9.17) is 23.4 Å². The number of aromatic hydroxyl groups is 1. The number of carbonyl (C=O) groups is 1. The number of phenols is 1. The Morgan fingerprint density at radius 2 is 1.76 bits per heavy atom. The van der Waals surface area contributed by atoms with E-state index < -0.39 is 17.3 Å². The lowest BCUT2D eigenvalue weighted by molar-refractivity contribution is -0.135. The van der Waals surface area contributed by atoms with E-state index in [0.29, 0.717) is 28.4 Å². The molecule has 0 saturated heterocycles. The first-order valence-electron chi connectivity index (χ1n) is 10.6. The average molecular weight is 458 g/mol. The molecule has 170 valence electrons. The van der Waals surface area contributed by atoms with Crippen molar-refractivity contribution >= 4 is 16.9 Å². The molecule has 6 rings (SSSR count). The van der Waals surface area contributed by atoms with Gasteiger partial charge in [0, 0.05) is 17.5 Å². The molecule has 0 spiro atoms. The van der Waals surface area contributed by atoms with E-state index in [1.807, 2.05) is 6.07 Å². The van der Waals surface area contributed by atoms with Crippen molar-refractivity contribution in [3.8, 4) is 39.9 Å². The topological polar surface area (TPSA) is 104 Å². The largest absolute Gasteiger partial charge is 0.507 e. The van der Waals surface area contributed by atoms with Crippen LogP contribution in [0.15, 0.2) is 64.0 Å². The van der Waals surface area contributed by atoms with Crippen LogP contribution in [0.5, 0.6) is 28.7 Å². The van der Waals surface area contributed by atoms with Gasteiger partial charge in [0.2, 0.25) is 12.2 Å². The predicted molar refractivity (Wildman–Crippen MR) is 121 cm³/mol. The SMILES string of the molecule is COc1ccc(-c2coc3c4c(cc(O)c3c2=O)OC(=O)C[C@@H]4c2ccc3c(c2)OCO3)cc1. The number of fused-ring (bicyclic) bond motifs is 4. The maximum atomic E-state index is 13.5. The molecule has 1 atom stereocenters. The molecule has 3 aromatic carbocycles. The summed E-state index contributed by atoms with van der Waals surface area (Å²) in [7, 11) is 1.56. The van der Waals surface area contributed by atoms with Crippen molar-refractivity contribution in [3.63, 3.8) is 0 Å². The van der Waals surface area contributed by atoms with E-state index in [2.05, 4.69) is 0 Å². The average Bonchev–Trinajstić information content (AvgIpc) is 3.31.